The molecule has 10 nitrogen and oxygen atoms in total. The molecule has 0 radical (unpaired) electrons. The first-order valence-electron chi connectivity index (χ1n) is 9.36. The number of carboxylic acid groups (broad SMARTS) is 1. The lowest BCUT2D eigenvalue weighted by Gasteiger charge is -2.23. The van der Waals surface area contributed by atoms with E-state index in [0.717, 1.165) is 38.4 Å². The standard InChI is InChI=1S/C15H24N6O2S.C2HF3O2/c1-3-20-10-13(6-17-20)8-19-9-14(7-18-24(2,22)23)11-21-15(12-19)4-5-16-21;3-2(4,5)1(6)7/h4-6,10,14,18H,3,7-9,11-12H2,1-2H3;(H,6,7). The lowest BCUT2D eigenvalue weighted by Crippen LogP contribution is -2.36. The number of aryl methyl sites for hydroxylation is 1. The second-order valence-corrected chi connectivity index (χ2v) is 9.00. The number of fused-ring (bicyclic) bond motifs is 1. The number of carbonyl (C=O) groups is 1. The van der Waals surface area contributed by atoms with Crippen LogP contribution in [0.25, 0.3) is 0 Å². The minimum atomic E-state index is -5.08. The van der Waals surface area contributed by atoms with Gasteiger partial charge in [-0.25, -0.2) is 17.9 Å². The molecule has 2 aromatic rings. The van der Waals surface area contributed by atoms with Gasteiger partial charge in [0.25, 0.3) is 0 Å². The molecule has 0 spiro atoms. The van der Waals surface area contributed by atoms with Crippen LogP contribution in [-0.2, 0) is 41.0 Å². The van der Waals surface area contributed by atoms with Crippen molar-refractivity contribution in [1.82, 2.24) is 29.2 Å². The van der Waals surface area contributed by atoms with Crippen molar-refractivity contribution in [1.29, 1.82) is 0 Å². The predicted octanol–water partition coefficient (Wildman–Crippen LogP) is 0.914. The van der Waals surface area contributed by atoms with Crippen molar-refractivity contribution in [2.24, 2.45) is 5.92 Å². The van der Waals surface area contributed by atoms with Gasteiger partial charge in [-0.15, -0.1) is 0 Å². The number of sulfonamides is 1. The highest BCUT2D eigenvalue weighted by Gasteiger charge is 2.38. The van der Waals surface area contributed by atoms with E-state index >= 15 is 0 Å². The fourth-order valence-electron chi connectivity index (χ4n) is 3.06. The first-order chi connectivity index (χ1) is 14.4. The van der Waals surface area contributed by atoms with Crippen LogP contribution in [0.15, 0.2) is 24.7 Å². The second kappa shape index (κ2) is 10.2. The summed E-state index contributed by atoms with van der Waals surface area (Å²) in [6, 6.07) is 2.02. The normalized spacial score (nSPS) is 17.4. The molecule has 2 aromatic heterocycles. The van der Waals surface area contributed by atoms with Crippen LogP contribution in [0, 0.1) is 5.92 Å². The Bertz CT molecular complexity index is 973. The topological polar surface area (TPSA) is 122 Å². The monoisotopic (exact) mass is 466 g/mol. The molecule has 3 heterocycles. The summed E-state index contributed by atoms with van der Waals surface area (Å²) < 4.78 is 61.1. The summed E-state index contributed by atoms with van der Waals surface area (Å²) in [6.45, 7) is 6.46. The van der Waals surface area contributed by atoms with Crippen LogP contribution in [0.3, 0.4) is 0 Å². The number of rotatable bonds is 6. The number of nitrogens with zero attached hydrogens (tertiary/aromatic N) is 5. The summed E-state index contributed by atoms with van der Waals surface area (Å²) in [5.74, 6) is -2.59. The Hall–Kier alpha value is -2.45. The van der Waals surface area contributed by atoms with E-state index in [2.05, 4.69) is 32.9 Å². The Balaban J connectivity index is 0.000000423. The molecule has 0 saturated carbocycles. The zero-order valence-corrected chi connectivity index (χ0v) is 17.9. The van der Waals surface area contributed by atoms with E-state index in [1.807, 2.05) is 21.6 Å². The van der Waals surface area contributed by atoms with Crippen molar-refractivity contribution in [3.05, 3.63) is 35.9 Å². The predicted molar refractivity (Wildman–Crippen MR) is 104 cm³/mol. The number of aromatic nitrogens is 4. The van der Waals surface area contributed by atoms with Crippen molar-refractivity contribution in [3.8, 4) is 0 Å². The molecule has 0 aliphatic carbocycles. The molecule has 31 heavy (non-hydrogen) atoms. The lowest BCUT2D eigenvalue weighted by molar-refractivity contribution is -0.192. The summed E-state index contributed by atoms with van der Waals surface area (Å²) in [5.41, 5.74) is 2.32. The molecule has 1 atom stereocenters. The van der Waals surface area contributed by atoms with Crippen molar-refractivity contribution in [2.75, 3.05) is 19.3 Å². The van der Waals surface area contributed by atoms with E-state index in [1.54, 1.807) is 6.20 Å². The highest BCUT2D eigenvalue weighted by Crippen LogP contribution is 2.18. The molecule has 2 N–H and O–H groups in total. The summed E-state index contributed by atoms with van der Waals surface area (Å²) in [6.07, 6.45) is 1.87. The van der Waals surface area contributed by atoms with Gasteiger partial charge in [-0.3, -0.25) is 14.3 Å². The first-order valence-corrected chi connectivity index (χ1v) is 11.3. The molecule has 14 heteroatoms. The van der Waals surface area contributed by atoms with E-state index in [-0.39, 0.29) is 5.92 Å². The summed E-state index contributed by atoms with van der Waals surface area (Å²) in [7, 11) is -3.19. The quantitative estimate of drug-likeness (QED) is 0.649. The van der Waals surface area contributed by atoms with Crippen molar-refractivity contribution in [2.45, 2.75) is 39.3 Å². The molecule has 0 amide bonds. The van der Waals surface area contributed by atoms with Crippen LogP contribution < -0.4 is 4.72 Å². The van der Waals surface area contributed by atoms with Crippen molar-refractivity contribution < 1.29 is 31.5 Å². The molecule has 0 saturated heterocycles. The maximum atomic E-state index is 11.4. The fraction of sp³-hybridized carbons (Fsp3) is 0.588. The van der Waals surface area contributed by atoms with Gasteiger partial charge >= 0.3 is 12.1 Å². The molecule has 3 rings (SSSR count). The van der Waals surface area contributed by atoms with Gasteiger partial charge in [0, 0.05) is 63.1 Å². The summed E-state index contributed by atoms with van der Waals surface area (Å²) in [4.78, 5) is 11.2. The van der Waals surface area contributed by atoms with E-state index < -0.39 is 22.2 Å². The largest absolute Gasteiger partial charge is 0.490 e. The Morgan fingerprint density at radius 2 is 2.00 bits per heavy atom. The van der Waals surface area contributed by atoms with Crippen molar-refractivity contribution >= 4 is 16.0 Å². The smallest absolute Gasteiger partial charge is 0.475 e. The number of hydrogen-bond acceptors (Lipinski definition) is 6. The second-order valence-electron chi connectivity index (χ2n) is 7.17. The molecule has 174 valence electrons. The number of carboxylic acids is 1. The molecular formula is C17H25F3N6O4S. The molecule has 1 aliphatic rings. The van der Waals surface area contributed by atoms with Crippen LogP contribution >= 0.6 is 0 Å². The van der Waals surface area contributed by atoms with Crippen LogP contribution in [-0.4, -0.2) is 69.5 Å². The maximum Gasteiger partial charge on any atom is 0.490 e. The Morgan fingerprint density at radius 1 is 1.32 bits per heavy atom. The molecule has 0 fully saturated rings. The van der Waals surface area contributed by atoms with Crippen molar-refractivity contribution in [3.63, 3.8) is 0 Å². The number of hydrogen-bond donors (Lipinski definition) is 2. The van der Waals surface area contributed by atoms with E-state index in [4.69, 9.17) is 9.90 Å². The first kappa shape index (κ1) is 24.8. The van der Waals surface area contributed by atoms with Gasteiger partial charge < -0.3 is 5.11 Å². The van der Waals surface area contributed by atoms with E-state index in [9.17, 15) is 21.6 Å². The zero-order valence-electron chi connectivity index (χ0n) is 17.1. The Kier molecular flexibility index (Phi) is 8.20. The molecule has 1 aliphatic heterocycles. The van der Waals surface area contributed by atoms with Gasteiger partial charge in [-0.1, -0.05) is 0 Å². The third kappa shape index (κ3) is 8.30. The zero-order chi connectivity index (χ0) is 23.2. The highest BCUT2D eigenvalue weighted by molar-refractivity contribution is 7.88. The number of nitrogens with one attached hydrogen (secondary N) is 1. The fourth-order valence-corrected chi connectivity index (χ4v) is 3.60. The van der Waals surface area contributed by atoms with E-state index in [1.165, 1.54) is 11.8 Å². The number of halogens is 3. The molecular weight excluding hydrogens is 441 g/mol. The Labute approximate surface area is 177 Å². The van der Waals surface area contributed by atoms with Gasteiger partial charge in [0.2, 0.25) is 10.0 Å². The number of alkyl halides is 3. The van der Waals surface area contributed by atoms with Gasteiger partial charge in [0.15, 0.2) is 0 Å². The van der Waals surface area contributed by atoms with Crippen LogP contribution in [0.1, 0.15) is 18.2 Å². The highest BCUT2D eigenvalue weighted by atomic mass is 32.2. The molecule has 0 aromatic carbocycles. The van der Waals surface area contributed by atoms with Crippen LogP contribution in [0.2, 0.25) is 0 Å². The average Bonchev–Trinajstić information content (AvgIpc) is 3.25. The van der Waals surface area contributed by atoms with Gasteiger partial charge in [-0.05, 0) is 13.0 Å². The van der Waals surface area contributed by atoms with Gasteiger partial charge in [0.05, 0.1) is 18.1 Å². The average molecular weight is 466 g/mol. The lowest BCUT2D eigenvalue weighted by atomic mass is 10.1. The van der Waals surface area contributed by atoms with E-state index in [0.29, 0.717) is 6.54 Å². The minimum Gasteiger partial charge on any atom is -0.475 e. The van der Waals surface area contributed by atoms with Gasteiger partial charge in [-0.2, -0.15) is 23.4 Å². The summed E-state index contributed by atoms with van der Waals surface area (Å²) in [5, 5.41) is 15.8. The minimum absolute atomic E-state index is 0.169. The number of aliphatic carboxylic acids is 1. The third-order valence-corrected chi connectivity index (χ3v) is 5.12. The molecule has 0 bridgehead atoms. The van der Waals surface area contributed by atoms with Gasteiger partial charge in [0.1, 0.15) is 0 Å². The maximum absolute atomic E-state index is 11.4. The third-order valence-electron chi connectivity index (χ3n) is 4.43. The van der Waals surface area contributed by atoms with Crippen LogP contribution in [0.5, 0.6) is 0 Å². The summed E-state index contributed by atoms with van der Waals surface area (Å²) >= 11 is 0. The SMILES string of the molecule is CCn1cc(CN2Cc3ccnn3CC(CNS(C)(=O)=O)C2)cn1.O=C(O)C(F)(F)F. The molecule has 1 unspecified atom stereocenters. The van der Waals surface area contributed by atoms with Crippen LogP contribution in [0.4, 0.5) is 13.2 Å². The Morgan fingerprint density at radius 3 is 2.55 bits per heavy atom.